The molecular formula is C12H15ClN2O3. The number of para-hydroxylation sites is 1. The number of ether oxygens (including phenoxy) is 2. The van der Waals surface area contributed by atoms with Gasteiger partial charge in [0.25, 0.3) is 0 Å². The van der Waals surface area contributed by atoms with Crippen LogP contribution in [0.5, 0.6) is 5.75 Å². The van der Waals surface area contributed by atoms with Crippen molar-refractivity contribution in [2.75, 3.05) is 13.7 Å². The van der Waals surface area contributed by atoms with Crippen molar-refractivity contribution in [1.82, 2.24) is 0 Å². The van der Waals surface area contributed by atoms with E-state index in [1.54, 1.807) is 25.1 Å². The molecule has 0 amide bonds. The Kier molecular flexibility index (Phi) is 5.09. The number of carbonyl (C=O) groups is 1. The summed E-state index contributed by atoms with van der Waals surface area (Å²) in [7, 11) is 1.53. The lowest BCUT2D eigenvalue weighted by atomic mass is 10.3. The predicted octanol–water partition coefficient (Wildman–Crippen LogP) is 3.30. The van der Waals surface area contributed by atoms with Crippen LogP contribution in [0.2, 0.25) is 0 Å². The van der Waals surface area contributed by atoms with Crippen LogP contribution in [0.15, 0.2) is 34.5 Å². The van der Waals surface area contributed by atoms with Crippen molar-refractivity contribution in [3.8, 4) is 5.75 Å². The molecule has 5 nitrogen and oxygen atoms in total. The molecule has 1 aromatic rings. The molecule has 1 aromatic carbocycles. The topological polar surface area (TPSA) is 60.2 Å². The first-order valence-electron chi connectivity index (χ1n) is 5.43. The summed E-state index contributed by atoms with van der Waals surface area (Å²) in [6.07, 6.45) is 0. The molecule has 0 N–H and O–H groups in total. The minimum atomic E-state index is -1.53. The SMILES string of the molecule is CCOC(=O)C(C)(Cl)N=Nc1ccccc1OC. The van der Waals surface area contributed by atoms with Crippen molar-refractivity contribution in [3.63, 3.8) is 0 Å². The van der Waals surface area contributed by atoms with Crippen LogP contribution in [0.1, 0.15) is 13.8 Å². The van der Waals surface area contributed by atoms with E-state index in [2.05, 4.69) is 10.2 Å². The molecule has 0 aliphatic rings. The van der Waals surface area contributed by atoms with Gasteiger partial charge in [-0.05, 0) is 26.0 Å². The standard InChI is InChI=1S/C12H15ClN2O3/c1-4-18-11(16)12(2,13)15-14-9-7-5-6-8-10(9)17-3/h5-8H,4H2,1-3H3. The van der Waals surface area contributed by atoms with Gasteiger partial charge in [-0.2, -0.15) is 5.11 Å². The molecular weight excluding hydrogens is 256 g/mol. The minimum absolute atomic E-state index is 0.241. The maximum Gasteiger partial charge on any atom is 0.351 e. The molecule has 0 bridgehead atoms. The number of azo groups is 1. The summed E-state index contributed by atoms with van der Waals surface area (Å²) in [6.45, 7) is 3.36. The fourth-order valence-electron chi connectivity index (χ4n) is 1.16. The van der Waals surface area contributed by atoms with Crippen LogP contribution in [0.3, 0.4) is 0 Å². The van der Waals surface area contributed by atoms with E-state index in [1.165, 1.54) is 14.0 Å². The summed E-state index contributed by atoms with van der Waals surface area (Å²) in [4.78, 5) is 9.97. The highest BCUT2D eigenvalue weighted by Gasteiger charge is 2.32. The molecule has 0 spiro atoms. The van der Waals surface area contributed by atoms with Gasteiger partial charge in [-0.1, -0.05) is 23.7 Å². The molecule has 6 heteroatoms. The second-order valence-electron chi connectivity index (χ2n) is 3.55. The van der Waals surface area contributed by atoms with Gasteiger partial charge in [-0.15, -0.1) is 5.11 Å². The average molecular weight is 271 g/mol. The number of benzene rings is 1. The number of methoxy groups -OCH3 is 1. The number of carbonyl (C=O) groups excluding carboxylic acids is 1. The molecule has 0 fully saturated rings. The molecule has 0 radical (unpaired) electrons. The lowest BCUT2D eigenvalue weighted by Crippen LogP contribution is -2.28. The van der Waals surface area contributed by atoms with Gasteiger partial charge >= 0.3 is 5.97 Å². The van der Waals surface area contributed by atoms with Gasteiger partial charge in [0.15, 0.2) is 0 Å². The zero-order chi connectivity index (χ0) is 13.6. The quantitative estimate of drug-likeness (QED) is 0.357. The number of alkyl halides is 1. The molecule has 0 heterocycles. The molecule has 1 atom stereocenters. The van der Waals surface area contributed by atoms with Crippen molar-refractivity contribution in [1.29, 1.82) is 0 Å². The summed E-state index contributed by atoms with van der Waals surface area (Å²) in [5.74, 6) is -0.0807. The van der Waals surface area contributed by atoms with Gasteiger partial charge in [-0.3, -0.25) is 0 Å². The lowest BCUT2D eigenvalue weighted by Gasteiger charge is -2.13. The molecule has 0 aromatic heterocycles. The van der Waals surface area contributed by atoms with Crippen LogP contribution in [0.4, 0.5) is 5.69 Å². The highest BCUT2D eigenvalue weighted by atomic mass is 35.5. The number of nitrogens with zero attached hydrogens (tertiary/aromatic N) is 2. The minimum Gasteiger partial charge on any atom is -0.494 e. The Balaban J connectivity index is 2.88. The first-order valence-corrected chi connectivity index (χ1v) is 5.81. The van der Waals surface area contributed by atoms with Crippen molar-refractivity contribution in [3.05, 3.63) is 24.3 Å². The first kappa shape index (κ1) is 14.4. The normalized spacial score (nSPS) is 14.2. The number of hydrogen-bond acceptors (Lipinski definition) is 5. The molecule has 0 aliphatic carbocycles. The third kappa shape index (κ3) is 3.70. The first-order chi connectivity index (χ1) is 8.51. The van der Waals surface area contributed by atoms with Crippen molar-refractivity contribution in [2.24, 2.45) is 10.2 Å². The number of esters is 1. The number of rotatable bonds is 5. The van der Waals surface area contributed by atoms with E-state index in [0.29, 0.717) is 11.4 Å². The van der Waals surface area contributed by atoms with E-state index in [4.69, 9.17) is 21.1 Å². The van der Waals surface area contributed by atoms with Crippen LogP contribution >= 0.6 is 11.6 Å². The Morgan fingerprint density at radius 3 is 2.72 bits per heavy atom. The molecule has 18 heavy (non-hydrogen) atoms. The molecule has 98 valence electrons. The van der Waals surface area contributed by atoms with E-state index < -0.39 is 11.0 Å². The second kappa shape index (κ2) is 6.35. The van der Waals surface area contributed by atoms with Crippen molar-refractivity contribution < 1.29 is 14.3 Å². The molecule has 1 unspecified atom stereocenters. The van der Waals surface area contributed by atoms with E-state index in [0.717, 1.165) is 0 Å². The Hall–Kier alpha value is -1.62. The van der Waals surface area contributed by atoms with Gasteiger partial charge in [-0.25, -0.2) is 4.79 Å². The van der Waals surface area contributed by atoms with Gasteiger partial charge in [0.05, 0.1) is 13.7 Å². The third-order valence-electron chi connectivity index (χ3n) is 2.08. The van der Waals surface area contributed by atoms with Gasteiger partial charge in [0, 0.05) is 0 Å². The molecule has 0 saturated heterocycles. The van der Waals surface area contributed by atoms with Gasteiger partial charge < -0.3 is 9.47 Å². The van der Waals surface area contributed by atoms with Crippen molar-refractivity contribution >= 4 is 23.3 Å². The van der Waals surface area contributed by atoms with Crippen LogP contribution in [0, 0.1) is 0 Å². The largest absolute Gasteiger partial charge is 0.494 e. The Morgan fingerprint density at radius 2 is 2.11 bits per heavy atom. The smallest absolute Gasteiger partial charge is 0.351 e. The molecule has 0 aliphatic heterocycles. The predicted molar refractivity (Wildman–Crippen MR) is 68.4 cm³/mol. The summed E-state index contributed by atoms with van der Waals surface area (Å²) in [5, 5.41) is 7.71. The van der Waals surface area contributed by atoms with Crippen LogP contribution in [0.25, 0.3) is 0 Å². The fourth-order valence-corrected chi connectivity index (χ4v) is 1.26. The summed E-state index contributed by atoms with van der Waals surface area (Å²) >= 11 is 5.94. The molecule has 1 rings (SSSR count). The number of hydrogen-bond donors (Lipinski definition) is 0. The maximum absolute atomic E-state index is 11.5. The Morgan fingerprint density at radius 1 is 1.44 bits per heavy atom. The van der Waals surface area contributed by atoms with E-state index in [-0.39, 0.29) is 6.61 Å². The summed E-state index contributed by atoms with van der Waals surface area (Å²) in [5.41, 5.74) is 0.496. The Labute approximate surface area is 111 Å². The highest BCUT2D eigenvalue weighted by molar-refractivity contribution is 6.33. The summed E-state index contributed by atoms with van der Waals surface area (Å²) in [6, 6.07) is 7.04. The van der Waals surface area contributed by atoms with Crippen LogP contribution < -0.4 is 4.74 Å². The molecule has 0 saturated carbocycles. The maximum atomic E-state index is 11.5. The number of halogens is 1. The zero-order valence-electron chi connectivity index (χ0n) is 10.5. The van der Waals surface area contributed by atoms with Gasteiger partial charge in [0.1, 0.15) is 11.4 Å². The van der Waals surface area contributed by atoms with E-state index >= 15 is 0 Å². The Bertz CT molecular complexity index is 447. The second-order valence-corrected chi connectivity index (χ2v) is 4.28. The monoisotopic (exact) mass is 270 g/mol. The summed E-state index contributed by atoms with van der Waals surface area (Å²) < 4.78 is 9.90. The van der Waals surface area contributed by atoms with E-state index in [1.807, 2.05) is 6.07 Å². The fraction of sp³-hybridized carbons (Fsp3) is 0.417. The third-order valence-corrected chi connectivity index (χ3v) is 2.31. The van der Waals surface area contributed by atoms with Gasteiger partial charge in [0.2, 0.25) is 5.00 Å². The van der Waals surface area contributed by atoms with Crippen LogP contribution in [-0.2, 0) is 9.53 Å². The lowest BCUT2D eigenvalue weighted by molar-refractivity contribution is -0.145. The van der Waals surface area contributed by atoms with E-state index in [9.17, 15) is 4.79 Å². The van der Waals surface area contributed by atoms with Crippen molar-refractivity contribution in [2.45, 2.75) is 18.8 Å². The average Bonchev–Trinajstić information content (AvgIpc) is 2.37. The zero-order valence-corrected chi connectivity index (χ0v) is 11.3. The van der Waals surface area contributed by atoms with Crippen LogP contribution in [-0.4, -0.2) is 24.7 Å². The highest BCUT2D eigenvalue weighted by Crippen LogP contribution is 2.29.